The molecule has 1 aromatic heterocycles. The van der Waals surface area contributed by atoms with Gasteiger partial charge in [0.25, 0.3) is 5.91 Å². The summed E-state index contributed by atoms with van der Waals surface area (Å²) in [6.45, 7) is 5.19. The van der Waals surface area contributed by atoms with E-state index in [1.165, 1.54) is 18.3 Å². The summed E-state index contributed by atoms with van der Waals surface area (Å²) in [6, 6.07) is 6.56. The number of amides is 1. The summed E-state index contributed by atoms with van der Waals surface area (Å²) in [5, 5.41) is 3.71. The summed E-state index contributed by atoms with van der Waals surface area (Å²) in [7, 11) is 0. The topological polar surface area (TPSA) is 90.9 Å². The Labute approximate surface area is 196 Å². The summed E-state index contributed by atoms with van der Waals surface area (Å²) < 4.78 is 15.8. The van der Waals surface area contributed by atoms with Crippen molar-refractivity contribution in [1.29, 1.82) is 0 Å². The van der Waals surface area contributed by atoms with E-state index in [4.69, 9.17) is 25.8 Å². The van der Waals surface area contributed by atoms with Gasteiger partial charge in [0, 0.05) is 9.90 Å². The fraction of sp³-hybridized carbons (Fsp3) is 0.435. The SMILES string of the molecule is CCOC(=O)c1c(NC(=O)COC(=O)C(C)Oc2ccc(Cl)cc2)sc2c1CCC(C)C2. The molecule has 2 atom stereocenters. The number of fused-ring (bicyclic) bond motifs is 1. The summed E-state index contributed by atoms with van der Waals surface area (Å²) in [5.41, 5.74) is 1.36. The van der Waals surface area contributed by atoms with Crippen molar-refractivity contribution < 1.29 is 28.6 Å². The number of rotatable bonds is 8. The van der Waals surface area contributed by atoms with E-state index < -0.39 is 30.6 Å². The van der Waals surface area contributed by atoms with Crippen molar-refractivity contribution in [2.45, 2.75) is 46.1 Å². The van der Waals surface area contributed by atoms with Gasteiger partial charge in [0.15, 0.2) is 12.7 Å². The van der Waals surface area contributed by atoms with Crippen molar-refractivity contribution in [3.8, 4) is 5.75 Å². The van der Waals surface area contributed by atoms with Gasteiger partial charge in [0.1, 0.15) is 10.8 Å². The number of esters is 2. The van der Waals surface area contributed by atoms with Gasteiger partial charge in [-0.25, -0.2) is 9.59 Å². The number of thiophene rings is 1. The molecule has 1 aromatic carbocycles. The van der Waals surface area contributed by atoms with E-state index in [-0.39, 0.29) is 6.61 Å². The molecular weight excluding hydrogens is 454 g/mol. The second-order valence-corrected chi connectivity index (χ2v) is 9.19. The Morgan fingerprint density at radius 3 is 2.62 bits per heavy atom. The molecule has 32 heavy (non-hydrogen) atoms. The first-order chi connectivity index (χ1) is 15.3. The van der Waals surface area contributed by atoms with Crippen molar-refractivity contribution in [1.82, 2.24) is 0 Å². The Hall–Kier alpha value is -2.58. The minimum absolute atomic E-state index is 0.246. The van der Waals surface area contributed by atoms with Crippen LogP contribution in [0.2, 0.25) is 5.02 Å². The average Bonchev–Trinajstić information content (AvgIpc) is 3.10. The van der Waals surface area contributed by atoms with E-state index >= 15 is 0 Å². The molecule has 0 aliphatic heterocycles. The third-order valence-electron chi connectivity index (χ3n) is 5.05. The number of hydrogen-bond acceptors (Lipinski definition) is 7. The molecule has 7 nitrogen and oxygen atoms in total. The Bertz CT molecular complexity index is 987. The predicted octanol–water partition coefficient (Wildman–Crippen LogP) is 4.65. The molecule has 0 bridgehead atoms. The van der Waals surface area contributed by atoms with Crippen LogP contribution in [0.5, 0.6) is 5.75 Å². The highest BCUT2D eigenvalue weighted by Crippen LogP contribution is 2.40. The van der Waals surface area contributed by atoms with Crippen LogP contribution in [0.4, 0.5) is 5.00 Å². The number of carbonyl (C=O) groups excluding carboxylic acids is 3. The molecule has 0 fully saturated rings. The maximum Gasteiger partial charge on any atom is 0.347 e. The molecule has 9 heteroatoms. The lowest BCUT2D eigenvalue weighted by Crippen LogP contribution is -2.29. The molecule has 1 aliphatic rings. The summed E-state index contributed by atoms with van der Waals surface area (Å²) in [5.74, 6) is -0.685. The minimum atomic E-state index is -0.908. The monoisotopic (exact) mass is 479 g/mol. The van der Waals surface area contributed by atoms with Gasteiger partial charge >= 0.3 is 11.9 Å². The first-order valence-electron chi connectivity index (χ1n) is 10.5. The number of hydrogen-bond donors (Lipinski definition) is 1. The van der Waals surface area contributed by atoms with Gasteiger partial charge in [0.2, 0.25) is 0 Å². The van der Waals surface area contributed by atoms with Crippen LogP contribution in [-0.4, -0.2) is 37.2 Å². The molecule has 0 radical (unpaired) electrons. The maximum absolute atomic E-state index is 12.5. The van der Waals surface area contributed by atoms with Crippen LogP contribution in [0.3, 0.4) is 0 Å². The number of benzene rings is 1. The second-order valence-electron chi connectivity index (χ2n) is 7.65. The summed E-state index contributed by atoms with van der Waals surface area (Å²) in [4.78, 5) is 38.3. The highest BCUT2D eigenvalue weighted by Gasteiger charge is 2.29. The van der Waals surface area contributed by atoms with Crippen molar-refractivity contribution in [3.63, 3.8) is 0 Å². The average molecular weight is 480 g/mol. The smallest absolute Gasteiger partial charge is 0.347 e. The zero-order chi connectivity index (χ0) is 23.3. The zero-order valence-electron chi connectivity index (χ0n) is 18.2. The van der Waals surface area contributed by atoms with Gasteiger partial charge in [-0.15, -0.1) is 11.3 Å². The second kappa shape index (κ2) is 10.8. The van der Waals surface area contributed by atoms with Crippen molar-refractivity contribution in [2.75, 3.05) is 18.5 Å². The van der Waals surface area contributed by atoms with Gasteiger partial charge in [-0.05, 0) is 68.9 Å². The van der Waals surface area contributed by atoms with E-state index in [0.29, 0.717) is 27.3 Å². The summed E-state index contributed by atoms with van der Waals surface area (Å²) >= 11 is 7.21. The molecule has 1 amide bonds. The number of anilines is 1. The van der Waals surface area contributed by atoms with Gasteiger partial charge in [-0.2, -0.15) is 0 Å². The lowest BCUT2D eigenvalue weighted by Gasteiger charge is -2.18. The first kappa shape index (κ1) is 24.1. The van der Waals surface area contributed by atoms with Crippen molar-refractivity contribution in [2.24, 2.45) is 5.92 Å². The van der Waals surface area contributed by atoms with Crippen LogP contribution < -0.4 is 10.1 Å². The van der Waals surface area contributed by atoms with Gasteiger partial charge < -0.3 is 19.5 Å². The van der Waals surface area contributed by atoms with Crippen molar-refractivity contribution >= 4 is 45.8 Å². The number of carbonyl (C=O) groups is 3. The lowest BCUT2D eigenvalue weighted by molar-refractivity contribution is -0.153. The minimum Gasteiger partial charge on any atom is -0.479 e. The Balaban J connectivity index is 1.61. The van der Waals surface area contributed by atoms with Crippen LogP contribution in [0.15, 0.2) is 24.3 Å². The number of nitrogens with one attached hydrogen (secondary N) is 1. The highest BCUT2D eigenvalue weighted by atomic mass is 35.5. The molecule has 1 N–H and O–H groups in total. The van der Waals surface area contributed by atoms with Gasteiger partial charge in [0.05, 0.1) is 12.2 Å². The van der Waals surface area contributed by atoms with Crippen LogP contribution in [-0.2, 0) is 31.9 Å². The summed E-state index contributed by atoms with van der Waals surface area (Å²) in [6.07, 6.45) is 1.70. The fourth-order valence-corrected chi connectivity index (χ4v) is 4.98. The quantitative estimate of drug-likeness (QED) is 0.554. The molecule has 3 rings (SSSR count). The number of halogens is 1. The third kappa shape index (κ3) is 6.01. The van der Waals surface area contributed by atoms with E-state index in [9.17, 15) is 14.4 Å². The zero-order valence-corrected chi connectivity index (χ0v) is 19.8. The van der Waals surface area contributed by atoms with E-state index in [1.807, 2.05) is 0 Å². The molecule has 0 spiro atoms. The van der Waals surface area contributed by atoms with Crippen LogP contribution in [0.25, 0.3) is 0 Å². The highest BCUT2D eigenvalue weighted by molar-refractivity contribution is 7.17. The van der Waals surface area contributed by atoms with Gasteiger partial charge in [-0.3, -0.25) is 4.79 Å². The Morgan fingerprint density at radius 2 is 1.94 bits per heavy atom. The maximum atomic E-state index is 12.5. The lowest BCUT2D eigenvalue weighted by atomic mass is 9.88. The van der Waals surface area contributed by atoms with Crippen LogP contribution in [0.1, 0.15) is 48.0 Å². The molecule has 0 saturated carbocycles. The molecule has 172 valence electrons. The Morgan fingerprint density at radius 1 is 1.22 bits per heavy atom. The molecule has 0 saturated heterocycles. The fourth-order valence-electron chi connectivity index (χ4n) is 3.44. The molecular formula is C23H26ClNO6S. The third-order valence-corrected chi connectivity index (χ3v) is 6.47. The standard InChI is InChI=1S/C23H26ClNO6S/c1-4-29-23(28)20-17-10-5-13(2)11-18(17)32-21(20)25-19(26)12-30-22(27)14(3)31-16-8-6-15(24)7-9-16/h6-9,13-14H,4-5,10-12H2,1-3H3,(H,25,26). The molecule has 2 unspecified atom stereocenters. The largest absolute Gasteiger partial charge is 0.479 e. The normalized spacial score (nSPS) is 15.9. The van der Waals surface area contributed by atoms with Crippen molar-refractivity contribution in [3.05, 3.63) is 45.3 Å². The molecule has 1 aliphatic carbocycles. The van der Waals surface area contributed by atoms with E-state index in [2.05, 4.69) is 12.2 Å². The first-order valence-corrected chi connectivity index (χ1v) is 11.7. The van der Waals surface area contributed by atoms with Gasteiger partial charge in [-0.1, -0.05) is 18.5 Å². The molecule has 1 heterocycles. The Kier molecular flexibility index (Phi) is 8.15. The van der Waals surface area contributed by atoms with Crippen LogP contribution >= 0.6 is 22.9 Å². The van der Waals surface area contributed by atoms with Crippen LogP contribution in [0, 0.1) is 5.92 Å². The predicted molar refractivity (Wildman–Crippen MR) is 123 cm³/mol. The molecule has 2 aromatic rings. The number of ether oxygens (including phenoxy) is 3. The van der Waals surface area contributed by atoms with E-state index in [1.54, 1.807) is 31.2 Å². The van der Waals surface area contributed by atoms with E-state index in [0.717, 1.165) is 29.7 Å².